The summed E-state index contributed by atoms with van der Waals surface area (Å²) in [6, 6.07) is -0.271. The Morgan fingerprint density at radius 1 is 0.875 bits per heavy atom. The standard InChI is InChI=1S/C18H28N2O4/c21-16(19-15-7-3-1-2-6-14(15)18(23)24)13-5-4-10-20(11-13)17(22)12-8-9-12/h12-15H,1-11H2,(H,19,21)(H,23,24)/t13?,14-,15+/m1/s1. The molecule has 0 aromatic carbocycles. The van der Waals surface area contributed by atoms with E-state index in [0.717, 1.165) is 57.9 Å². The molecule has 2 saturated carbocycles. The lowest BCUT2D eigenvalue weighted by Gasteiger charge is -2.33. The van der Waals surface area contributed by atoms with E-state index in [0.29, 0.717) is 13.0 Å². The van der Waals surface area contributed by atoms with Gasteiger partial charge in [0, 0.05) is 25.0 Å². The maximum absolute atomic E-state index is 12.7. The summed E-state index contributed by atoms with van der Waals surface area (Å²) in [5, 5.41) is 12.4. The van der Waals surface area contributed by atoms with Crippen LogP contribution in [-0.2, 0) is 14.4 Å². The second-order valence-corrected chi connectivity index (χ2v) is 7.60. The summed E-state index contributed by atoms with van der Waals surface area (Å²) in [5.74, 6) is -1.17. The zero-order chi connectivity index (χ0) is 17.1. The van der Waals surface area contributed by atoms with E-state index in [-0.39, 0.29) is 29.7 Å². The fourth-order valence-corrected chi connectivity index (χ4v) is 4.06. The Morgan fingerprint density at radius 3 is 2.33 bits per heavy atom. The fraction of sp³-hybridized carbons (Fsp3) is 0.833. The number of carboxylic acid groups (broad SMARTS) is 1. The van der Waals surface area contributed by atoms with Crippen LogP contribution < -0.4 is 5.32 Å². The average Bonchev–Trinajstić information content (AvgIpc) is 3.41. The highest BCUT2D eigenvalue weighted by Gasteiger charge is 2.38. The van der Waals surface area contributed by atoms with Crippen LogP contribution >= 0.6 is 0 Å². The molecule has 2 N–H and O–H groups in total. The van der Waals surface area contributed by atoms with Crippen LogP contribution in [0.4, 0.5) is 0 Å². The zero-order valence-electron chi connectivity index (χ0n) is 14.2. The molecule has 1 saturated heterocycles. The van der Waals surface area contributed by atoms with Gasteiger partial charge in [-0.3, -0.25) is 14.4 Å². The van der Waals surface area contributed by atoms with E-state index < -0.39 is 11.9 Å². The van der Waals surface area contributed by atoms with E-state index in [2.05, 4.69) is 5.32 Å². The minimum atomic E-state index is -0.809. The second-order valence-electron chi connectivity index (χ2n) is 7.60. The number of aliphatic carboxylic acids is 1. The van der Waals surface area contributed by atoms with Gasteiger partial charge < -0.3 is 15.3 Å². The van der Waals surface area contributed by atoms with Crippen molar-refractivity contribution < 1.29 is 19.5 Å². The molecule has 3 fully saturated rings. The summed E-state index contributed by atoms with van der Waals surface area (Å²) in [7, 11) is 0. The third-order valence-corrected chi connectivity index (χ3v) is 5.69. The van der Waals surface area contributed by atoms with Crippen molar-refractivity contribution in [3.05, 3.63) is 0 Å². The monoisotopic (exact) mass is 336 g/mol. The number of nitrogens with one attached hydrogen (secondary N) is 1. The molecule has 0 radical (unpaired) electrons. The topological polar surface area (TPSA) is 86.7 Å². The molecule has 6 nitrogen and oxygen atoms in total. The van der Waals surface area contributed by atoms with Crippen molar-refractivity contribution in [2.75, 3.05) is 13.1 Å². The molecule has 0 aromatic rings. The second kappa shape index (κ2) is 7.53. The number of hydrogen-bond donors (Lipinski definition) is 2. The highest BCUT2D eigenvalue weighted by atomic mass is 16.4. The lowest BCUT2D eigenvalue weighted by Crippen LogP contribution is -2.50. The number of nitrogens with zero attached hydrogens (tertiary/aromatic N) is 1. The Morgan fingerprint density at radius 2 is 1.62 bits per heavy atom. The average molecular weight is 336 g/mol. The Balaban J connectivity index is 1.58. The first-order valence-corrected chi connectivity index (χ1v) is 9.38. The van der Waals surface area contributed by atoms with E-state index in [1.165, 1.54) is 0 Å². The van der Waals surface area contributed by atoms with E-state index in [4.69, 9.17) is 0 Å². The molecule has 1 unspecified atom stereocenters. The molecule has 0 aromatic heterocycles. The van der Waals surface area contributed by atoms with Crippen molar-refractivity contribution in [2.24, 2.45) is 17.8 Å². The quantitative estimate of drug-likeness (QED) is 0.766. The normalized spacial score (nSPS) is 31.2. The predicted octanol–water partition coefficient (Wildman–Crippen LogP) is 1.78. The third kappa shape index (κ3) is 4.08. The maximum atomic E-state index is 12.7. The summed E-state index contributed by atoms with van der Waals surface area (Å²) < 4.78 is 0. The molecule has 0 spiro atoms. The van der Waals surface area contributed by atoms with Crippen molar-refractivity contribution in [3.8, 4) is 0 Å². The molecule has 3 atom stereocenters. The number of likely N-dealkylation sites (tertiary alicyclic amines) is 1. The number of carboxylic acids is 1. The first-order valence-electron chi connectivity index (χ1n) is 9.38. The summed E-state index contributed by atoms with van der Waals surface area (Å²) in [6.45, 7) is 1.24. The number of piperidine rings is 1. The van der Waals surface area contributed by atoms with Gasteiger partial charge in [0.25, 0.3) is 0 Å². The van der Waals surface area contributed by atoms with Crippen LogP contribution in [0.3, 0.4) is 0 Å². The Bertz CT molecular complexity index is 503. The summed E-state index contributed by atoms with van der Waals surface area (Å²) in [5.41, 5.74) is 0. The van der Waals surface area contributed by atoms with Gasteiger partial charge in [-0.05, 0) is 38.5 Å². The molecule has 134 valence electrons. The molecule has 3 rings (SSSR count). The molecule has 1 aliphatic heterocycles. The molecule has 6 heteroatoms. The Kier molecular flexibility index (Phi) is 5.41. The minimum absolute atomic E-state index is 0.0681. The largest absolute Gasteiger partial charge is 0.481 e. The van der Waals surface area contributed by atoms with Gasteiger partial charge in [0.1, 0.15) is 0 Å². The third-order valence-electron chi connectivity index (χ3n) is 5.69. The molecule has 0 bridgehead atoms. The van der Waals surface area contributed by atoms with Crippen LogP contribution in [0.5, 0.6) is 0 Å². The predicted molar refractivity (Wildman–Crippen MR) is 88.2 cm³/mol. The van der Waals surface area contributed by atoms with Crippen LogP contribution in [0.15, 0.2) is 0 Å². The zero-order valence-corrected chi connectivity index (χ0v) is 14.2. The van der Waals surface area contributed by atoms with Crippen LogP contribution in [0.1, 0.15) is 57.8 Å². The van der Waals surface area contributed by atoms with Crippen molar-refractivity contribution in [3.63, 3.8) is 0 Å². The summed E-state index contributed by atoms with van der Waals surface area (Å²) >= 11 is 0. The van der Waals surface area contributed by atoms with Crippen molar-refractivity contribution >= 4 is 17.8 Å². The number of rotatable bonds is 4. The van der Waals surface area contributed by atoms with E-state index in [1.54, 1.807) is 0 Å². The first kappa shape index (κ1) is 17.2. The molecule has 2 aliphatic carbocycles. The van der Waals surface area contributed by atoms with Gasteiger partial charge in [0.2, 0.25) is 11.8 Å². The SMILES string of the molecule is O=C(N[C@H]1CCCCC[C@H]1C(=O)O)C1CCCN(C(=O)C2CC2)C1. The van der Waals surface area contributed by atoms with Crippen molar-refractivity contribution in [1.82, 2.24) is 10.2 Å². The number of hydrogen-bond acceptors (Lipinski definition) is 3. The molecule has 1 heterocycles. The van der Waals surface area contributed by atoms with Crippen LogP contribution in [0.25, 0.3) is 0 Å². The van der Waals surface area contributed by atoms with E-state index in [1.807, 2.05) is 4.90 Å². The van der Waals surface area contributed by atoms with Crippen LogP contribution in [-0.4, -0.2) is 46.9 Å². The van der Waals surface area contributed by atoms with Gasteiger partial charge in [0.05, 0.1) is 11.8 Å². The first-order chi connectivity index (χ1) is 11.6. The van der Waals surface area contributed by atoms with Gasteiger partial charge in [-0.1, -0.05) is 19.3 Å². The smallest absolute Gasteiger partial charge is 0.308 e. The highest BCUT2D eigenvalue weighted by Crippen LogP contribution is 2.32. The van der Waals surface area contributed by atoms with Gasteiger partial charge in [0.15, 0.2) is 0 Å². The van der Waals surface area contributed by atoms with Crippen molar-refractivity contribution in [1.29, 1.82) is 0 Å². The maximum Gasteiger partial charge on any atom is 0.308 e. The molecule has 24 heavy (non-hydrogen) atoms. The van der Waals surface area contributed by atoms with Gasteiger partial charge in [-0.25, -0.2) is 0 Å². The van der Waals surface area contributed by atoms with E-state index >= 15 is 0 Å². The van der Waals surface area contributed by atoms with Gasteiger partial charge >= 0.3 is 5.97 Å². The lowest BCUT2D eigenvalue weighted by atomic mass is 9.92. The van der Waals surface area contributed by atoms with Gasteiger partial charge in [-0.2, -0.15) is 0 Å². The number of carbonyl (C=O) groups is 3. The molecular formula is C18H28N2O4. The fourth-order valence-electron chi connectivity index (χ4n) is 4.06. The molecule has 3 aliphatic rings. The van der Waals surface area contributed by atoms with E-state index in [9.17, 15) is 19.5 Å². The lowest BCUT2D eigenvalue weighted by molar-refractivity contribution is -0.143. The molecule has 2 amide bonds. The number of carbonyl (C=O) groups excluding carboxylic acids is 2. The summed E-state index contributed by atoms with van der Waals surface area (Å²) in [6.07, 6.45) is 7.88. The van der Waals surface area contributed by atoms with Crippen molar-refractivity contribution in [2.45, 2.75) is 63.8 Å². The Hall–Kier alpha value is -1.59. The highest BCUT2D eigenvalue weighted by molar-refractivity contribution is 5.84. The molecular weight excluding hydrogens is 308 g/mol. The summed E-state index contributed by atoms with van der Waals surface area (Å²) in [4.78, 5) is 38.2. The van der Waals surface area contributed by atoms with Crippen LogP contribution in [0, 0.1) is 17.8 Å². The Labute approximate surface area is 143 Å². The minimum Gasteiger partial charge on any atom is -0.481 e. The van der Waals surface area contributed by atoms with Crippen LogP contribution in [0.2, 0.25) is 0 Å². The number of amides is 2. The van der Waals surface area contributed by atoms with Gasteiger partial charge in [-0.15, -0.1) is 0 Å².